The van der Waals surface area contributed by atoms with Crippen molar-refractivity contribution in [2.45, 2.75) is 67.3 Å². The van der Waals surface area contributed by atoms with E-state index in [-0.39, 0.29) is 48.0 Å². The highest BCUT2D eigenvalue weighted by molar-refractivity contribution is 7.92. The number of rotatable bonds is 15. The van der Waals surface area contributed by atoms with Crippen LogP contribution in [0.3, 0.4) is 0 Å². The highest BCUT2D eigenvalue weighted by atomic mass is 32.2. The molecule has 0 amide bonds. The topological polar surface area (TPSA) is 249 Å². The Labute approximate surface area is 478 Å². The van der Waals surface area contributed by atoms with Crippen LogP contribution in [0.1, 0.15) is 41.3 Å². The fourth-order valence-corrected chi connectivity index (χ4v) is 13.2. The summed E-state index contributed by atoms with van der Waals surface area (Å²) in [6.07, 6.45) is 5.65. The molecular weight excluding hydrogens is 1110 g/mol. The molecule has 6 heterocycles. The van der Waals surface area contributed by atoms with Crippen LogP contribution in [0.25, 0.3) is 16.9 Å². The van der Waals surface area contributed by atoms with E-state index in [9.17, 15) is 30.4 Å². The summed E-state index contributed by atoms with van der Waals surface area (Å²) in [5.74, 6) is 1.31. The van der Waals surface area contributed by atoms with Crippen molar-refractivity contribution >= 4 is 64.3 Å². The van der Waals surface area contributed by atoms with Crippen molar-refractivity contribution in [1.29, 1.82) is 0 Å². The Morgan fingerprint density at radius 3 is 1.37 bits per heavy atom. The van der Waals surface area contributed by atoms with Gasteiger partial charge in [0.1, 0.15) is 0 Å². The lowest BCUT2D eigenvalue weighted by atomic mass is 10.1. The fraction of sp³-hybridized carbons (Fsp3) is 0.115. The Hall–Kier alpha value is -9.61. The number of hydrogen-bond donors (Lipinski definition) is 4. The maximum Gasteiger partial charge on any atom is 0.243 e. The molecule has 0 saturated heterocycles. The third-order valence-corrected chi connectivity index (χ3v) is 19.0. The average Bonchev–Trinajstić information content (AvgIpc) is 4.52. The van der Waals surface area contributed by atoms with Crippen molar-refractivity contribution in [3.8, 4) is 0 Å². The van der Waals surface area contributed by atoms with Crippen LogP contribution in [0.15, 0.2) is 260 Å². The highest BCUT2D eigenvalue weighted by Gasteiger charge is 2.25. The lowest BCUT2D eigenvalue weighted by molar-refractivity contribution is 0.191. The van der Waals surface area contributed by atoms with Crippen LogP contribution in [-0.4, -0.2) is 86.7 Å². The number of aliphatic hydroxyl groups excluding tert-OH is 1. The molecule has 1 aliphatic rings. The van der Waals surface area contributed by atoms with Gasteiger partial charge in [-0.3, -0.25) is 4.40 Å². The number of pyridine rings is 3. The van der Waals surface area contributed by atoms with Gasteiger partial charge in [-0.2, -0.15) is 9.97 Å². The summed E-state index contributed by atoms with van der Waals surface area (Å²) in [6, 6.07) is 62.4. The second-order valence-electron chi connectivity index (χ2n) is 19.4. The van der Waals surface area contributed by atoms with Gasteiger partial charge in [-0.1, -0.05) is 140 Å². The molecule has 4 N–H and O–H groups in total. The molecule has 19 nitrogen and oxygen atoms in total. The number of nitrogens with zero attached hydrogens (tertiary/aromatic N) is 9. The first kappa shape index (κ1) is 55.3. The van der Waals surface area contributed by atoms with E-state index < -0.39 is 35.6 Å². The van der Waals surface area contributed by atoms with Gasteiger partial charge in [0.15, 0.2) is 16.9 Å². The van der Waals surface area contributed by atoms with Gasteiger partial charge >= 0.3 is 0 Å². The Balaban J connectivity index is 0.000000130. The second kappa shape index (κ2) is 23.8. The second-order valence-corrected chi connectivity index (χ2v) is 25.2. The number of aromatic nitrogens is 9. The van der Waals surface area contributed by atoms with Crippen molar-refractivity contribution in [2.75, 3.05) is 22.5 Å². The van der Waals surface area contributed by atoms with Crippen LogP contribution in [-0.2, 0) is 42.4 Å². The Morgan fingerprint density at radius 2 is 0.880 bits per heavy atom. The monoisotopic (exact) mass is 1160 g/mol. The minimum absolute atomic E-state index is 0.00649. The number of aliphatic hydroxyl groups is 1. The van der Waals surface area contributed by atoms with Crippen molar-refractivity contribution in [1.82, 2.24) is 43.8 Å². The molecule has 0 radical (unpaired) electrons. The van der Waals surface area contributed by atoms with E-state index in [1.807, 2.05) is 67.6 Å². The van der Waals surface area contributed by atoms with Crippen molar-refractivity contribution in [3.63, 3.8) is 0 Å². The Morgan fingerprint density at radius 1 is 0.470 bits per heavy atom. The quantitative estimate of drug-likeness (QED) is 0.0746. The summed E-state index contributed by atoms with van der Waals surface area (Å²) in [5.41, 5.74) is 6.26. The van der Waals surface area contributed by atoms with E-state index in [1.165, 1.54) is 38.6 Å². The zero-order valence-electron chi connectivity index (χ0n) is 44.4. The summed E-state index contributed by atoms with van der Waals surface area (Å²) >= 11 is 0. The molecule has 13 rings (SSSR count). The van der Waals surface area contributed by atoms with Gasteiger partial charge in [-0.05, 0) is 115 Å². The molecule has 6 aromatic carbocycles. The summed E-state index contributed by atoms with van der Waals surface area (Å²) in [5, 5.41) is 36.9. The van der Waals surface area contributed by atoms with Crippen LogP contribution in [0, 0.1) is 0 Å². The minimum Gasteiger partial charge on any atom is -0.387 e. The standard InChI is InChI=1S/C21H18N4O2S.C20H18N4O3S.C20H18N4O2S/c26-28(27,18-8-2-1-3-9-18)19-10-11-20-23-21(24-25(20)14-19)22-17-12-15-6-4-5-7-16(15)13-17;25-18(15-7-3-1-4-8-15)13-21-20-22-19-12-11-17(14-24(19)23-20)28(26,27)16-9-5-2-6-10-16;1-15(16-8-4-2-5-9-16)21-20-23-22-19-13-12-18(14-24(19)20)27(25,26)17-10-6-3-7-11-17/h1-11,14,17H,12-13H2,(H,22,24);1-12,14,18,25H,13H2,(H,21,23);2-15H,1H3,(H,21,23)/t;18-;15-/m.11/s1. The smallest absolute Gasteiger partial charge is 0.243 e. The van der Waals surface area contributed by atoms with Crippen molar-refractivity contribution in [3.05, 3.63) is 253 Å². The van der Waals surface area contributed by atoms with Gasteiger partial charge < -0.3 is 21.1 Å². The van der Waals surface area contributed by atoms with Gasteiger partial charge in [-0.15, -0.1) is 20.4 Å². The number of benzene rings is 6. The summed E-state index contributed by atoms with van der Waals surface area (Å²) in [7, 11) is -10.8. The maximum atomic E-state index is 12.9. The van der Waals surface area contributed by atoms with Gasteiger partial charge in [-0.25, -0.2) is 34.3 Å². The Kier molecular flexibility index (Phi) is 15.9. The molecule has 83 heavy (non-hydrogen) atoms. The molecule has 0 spiro atoms. The van der Waals surface area contributed by atoms with E-state index in [2.05, 4.69) is 70.6 Å². The fourth-order valence-electron chi connectivity index (χ4n) is 9.36. The molecule has 2 atom stereocenters. The first-order chi connectivity index (χ1) is 40.2. The first-order valence-corrected chi connectivity index (χ1v) is 30.7. The zero-order valence-corrected chi connectivity index (χ0v) is 46.9. The van der Waals surface area contributed by atoms with Gasteiger partial charge in [0.2, 0.25) is 47.4 Å². The zero-order chi connectivity index (χ0) is 57.6. The molecule has 0 bridgehead atoms. The number of nitrogens with one attached hydrogen (secondary N) is 3. The largest absolute Gasteiger partial charge is 0.387 e. The lowest BCUT2D eigenvalue weighted by Crippen LogP contribution is -2.20. The van der Waals surface area contributed by atoms with Gasteiger partial charge in [0.05, 0.1) is 53.9 Å². The van der Waals surface area contributed by atoms with Crippen molar-refractivity contribution < 1.29 is 30.4 Å². The average molecular weight is 1160 g/mol. The van der Waals surface area contributed by atoms with Crippen LogP contribution < -0.4 is 16.0 Å². The number of hydrogen-bond acceptors (Lipinski definition) is 16. The maximum absolute atomic E-state index is 12.9. The third-order valence-electron chi connectivity index (χ3n) is 13.7. The molecular formula is C61H54N12O7S3. The Bertz CT molecular complexity index is 4530. The predicted molar refractivity (Wildman–Crippen MR) is 314 cm³/mol. The minimum atomic E-state index is -3.63. The summed E-state index contributed by atoms with van der Waals surface area (Å²) in [4.78, 5) is 10.0. The number of sulfone groups is 3. The van der Waals surface area contributed by atoms with Crippen LogP contribution in [0.5, 0.6) is 0 Å². The normalized spacial score (nSPS) is 13.3. The van der Waals surface area contributed by atoms with E-state index in [1.54, 1.807) is 132 Å². The number of anilines is 3. The van der Waals surface area contributed by atoms with Gasteiger partial charge in [0.25, 0.3) is 0 Å². The van der Waals surface area contributed by atoms with E-state index in [0.29, 0.717) is 34.8 Å². The molecule has 0 saturated carbocycles. The van der Waals surface area contributed by atoms with Crippen LogP contribution in [0.2, 0.25) is 0 Å². The van der Waals surface area contributed by atoms with E-state index in [4.69, 9.17) is 0 Å². The molecule has 0 aliphatic heterocycles. The first-order valence-electron chi connectivity index (χ1n) is 26.3. The number of fused-ring (bicyclic) bond motifs is 4. The summed E-state index contributed by atoms with van der Waals surface area (Å²) < 4.78 is 81.5. The van der Waals surface area contributed by atoms with E-state index >= 15 is 0 Å². The van der Waals surface area contributed by atoms with E-state index in [0.717, 1.165) is 24.0 Å². The molecule has 418 valence electrons. The molecule has 22 heteroatoms. The lowest BCUT2D eigenvalue weighted by Gasteiger charge is -2.14. The van der Waals surface area contributed by atoms with Crippen molar-refractivity contribution in [2.24, 2.45) is 0 Å². The third kappa shape index (κ3) is 12.4. The molecule has 0 unspecified atom stereocenters. The molecule has 1 aliphatic carbocycles. The highest BCUT2D eigenvalue weighted by Crippen LogP contribution is 2.28. The molecule has 12 aromatic rings. The van der Waals surface area contributed by atoms with Crippen LogP contribution in [0.4, 0.5) is 17.8 Å². The SMILES string of the molecule is C[C@@H](Nc1nnc2ccc(S(=O)(=O)c3ccccc3)cn12)c1ccccc1.O=S(=O)(c1ccccc1)c1ccc2nc(NC3Cc4ccccc4C3)nn2c1.O=S(=O)(c1ccccc1)c1ccc2nc(NC[C@@H](O)c3ccccc3)nn2c1. The molecule has 0 fully saturated rings. The molecule has 6 aromatic heterocycles. The summed E-state index contributed by atoms with van der Waals surface area (Å²) in [6.45, 7) is 2.25. The predicted octanol–water partition coefficient (Wildman–Crippen LogP) is 9.58. The van der Waals surface area contributed by atoms with Gasteiger partial charge in [0, 0.05) is 18.8 Å². The van der Waals surface area contributed by atoms with Crippen LogP contribution >= 0.6 is 0 Å².